The summed E-state index contributed by atoms with van der Waals surface area (Å²) in [6.07, 6.45) is 0. The lowest BCUT2D eigenvalue weighted by atomic mass is 10.2. The summed E-state index contributed by atoms with van der Waals surface area (Å²) in [6.45, 7) is 4.53. The molecule has 0 radical (unpaired) electrons. The van der Waals surface area contributed by atoms with Gasteiger partial charge in [-0.05, 0) is 19.4 Å². The van der Waals surface area contributed by atoms with Gasteiger partial charge in [-0.15, -0.1) is 11.3 Å². The smallest absolute Gasteiger partial charge is 0.329 e. The largest absolute Gasteiger partial charge is 0.334 e. The predicted octanol–water partition coefficient (Wildman–Crippen LogP) is 0.528. The second kappa shape index (κ2) is 6.50. The molecule has 0 amide bonds. The molecule has 21 heavy (non-hydrogen) atoms. The summed E-state index contributed by atoms with van der Waals surface area (Å²) in [5.74, 6) is 0. The van der Waals surface area contributed by atoms with Crippen molar-refractivity contribution in [3.8, 4) is 0 Å². The Morgan fingerprint density at radius 1 is 1.33 bits per heavy atom. The third-order valence-corrected chi connectivity index (χ3v) is 4.75. The number of fused-ring (bicyclic) bond motifs is 1. The fraction of sp³-hybridized carbons (Fsp3) is 0.538. The molecule has 0 saturated carbocycles. The van der Waals surface area contributed by atoms with Gasteiger partial charge in [0.1, 0.15) is 4.83 Å². The van der Waals surface area contributed by atoms with Gasteiger partial charge < -0.3 is 11.1 Å². The fourth-order valence-electron chi connectivity index (χ4n) is 2.30. The minimum atomic E-state index is -0.939. The first-order chi connectivity index (χ1) is 10.1. The number of nitrogens with two attached hydrogens (primary N) is 1. The highest BCUT2D eigenvalue weighted by Crippen LogP contribution is 2.27. The molecule has 0 fully saturated rings. The van der Waals surface area contributed by atoms with Crippen LogP contribution in [-0.4, -0.2) is 22.2 Å². The highest BCUT2D eigenvalue weighted by Gasteiger charge is 2.18. The van der Waals surface area contributed by atoms with Crippen molar-refractivity contribution in [1.29, 1.82) is 0 Å². The number of halogens is 1. The molecule has 0 aliphatic heterocycles. The lowest BCUT2D eigenvalue weighted by Gasteiger charge is -2.07. The van der Waals surface area contributed by atoms with Gasteiger partial charge in [0, 0.05) is 31.1 Å². The molecule has 2 rings (SSSR count). The van der Waals surface area contributed by atoms with Gasteiger partial charge in [0.25, 0.3) is 5.56 Å². The van der Waals surface area contributed by atoms with E-state index in [9.17, 15) is 14.0 Å². The molecule has 2 aromatic rings. The molecule has 0 aromatic carbocycles. The zero-order valence-electron chi connectivity index (χ0n) is 12.1. The highest BCUT2D eigenvalue weighted by atomic mass is 32.1. The number of thiophene rings is 1. The summed E-state index contributed by atoms with van der Waals surface area (Å²) in [7, 11) is 0. The van der Waals surface area contributed by atoms with E-state index in [2.05, 4.69) is 5.32 Å². The molecular weight excluding hydrogens is 295 g/mol. The van der Waals surface area contributed by atoms with E-state index >= 15 is 0 Å². The van der Waals surface area contributed by atoms with Gasteiger partial charge in [-0.25, -0.2) is 9.18 Å². The molecule has 0 aliphatic carbocycles. The van der Waals surface area contributed by atoms with Gasteiger partial charge >= 0.3 is 5.69 Å². The van der Waals surface area contributed by atoms with E-state index in [1.165, 1.54) is 11.3 Å². The van der Waals surface area contributed by atoms with Gasteiger partial charge in [-0.3, -0.25) is 13.9 Å². The second-order valence-electron chi connectivity index (χ2n) is 4.68. The van der Waals surface area contributed by atoms with E-state index in [0.29, 0.717) is 29.9 Å². The lowest BCUT2D eigenvalue weighted by Crippen LogP contribution is -2.38. The van der Waals surface area contributed by atoms with E-state index in [0.717, 1.165) is 19.6 Å². The van der Waals surface area contributed by atoms with Gasteiger partial charge in [-0.1, -0.05) is 0 Å². The number of hydrogen-bond acceptors (Lipinski definition) is 5. The van der Waals surface area contributed by atoms with Crippen molar-refractivity contribution >= 4 is 21.6 Å². The summed E-state index contributed by atoms with van der Waals surface area (Å²) >= 11 is 1.28. The third kappa shape index (κ3) is 2.66. The maximum Gasteiger partial charge on any atom is 0.334 e. The van der Waals surface area contributed by atoms with Crippen LogP contribution in [0.15, 0.2) is 9.59 Å². The van der Waals surface area contributed by atoms with Crippen LogP contribution in [0.3, 0.4) is 0 Å². The molecule has 3 N–H and O–H groups in total. The standard InChI is InChI=1S/C13H19FN4O2S/c1-3-17-11(19)10-8(2)9(6-16-5-4-15)21-12(10)18(7-14)13(17)20/h16H,3-7,15H2,1-2H3. The first kappa shape index (κ1) is 15.9. The van der Waals surface area contributed by atoms with Gasteiger partial charge in [0.05, 0.1) is 5.39 Å². The number of nitrogens with zero attached hydrogens (tertiary/aromatic N) is 2. The van der Waals surface area contributed by atoms with Crippen LogP contribution in [0.2, 0.25) is 0 Å². The van der Waals surface area contributed by atoms with Crippen molar-refractivity contribution in [3.63, 3.8) is 0 Å². The van der Waals surface area contributed by atoms with E-state index in [-0.39, 0.29) is 12.1 Å². The van der Waals surface area contributed by atoms with Gasteiger partial charge in [0.15, 0.2) is 6.80 Å². The van der Waals surface area contributed by atoms with Crippen molar-refractivity contribution in [2.75, 3.05) is 13.1 Å². The zero-order valence-corrected chi connectivity index (χ0v) is 12.9. The van der Waals surface area contributed by atoms with Gasteiger partial charge in [0.2, 0.25) is 0 Å². The third-order valence-electron chi connectivity index (χ3n) is 3.44. The molecule has 116 valence electrons. The SMILES string of the molecule is CCn1c(=O)c2c(C)c(CNCCN)sc2n(CF)c1=O. The molecule has 0 atom stereocenters. The second-order valence-corrected chi connectivity index (χ2v) is 5.76. The monoisotopic (exact) mass is 314 g/mol. The van der Waals surface area contributed by atoms with Crippen LogP contribution in [0.4, 0.5) is 4.39 Å². The summed E-state index contributed by atoms with van der Waals surface area (Å²) in [5, 5.41) is 3.58. The topological polar surface area (TPSA) is 82.0 Å². The summed E-state index contributed by atoms with van der Waals surface area (Å²) in [6, 6.07) is 0. The lowest BCUT2D eigenvalue weighted by molar-refractivity contribution is 0.367. The van der Waals surface area contributed by atoms with Crippen LogP contribution in [0.5, 0.6) is 0 Å². The normalized spacial score (nSPS) is 11.4. The summed E-state index contributed by atoms with van der Waals surface area (Å²) in [4.78, 5) is 25.8. The van der Waals surface area contributed by atoms with Crippen LogP contribution in [0, 0.1) is 6.92 Å². The Balaban J connectivity index is 2.69. The highest BCUT2D eigenvalue weighted by molar-refractivity contribution is 7.18. The van der Waals surface area contributed by atoms with Crippen molar-refractivity contribution < 1.29 is 4.39 Å². The number of alkyl halides is 1. The Kier molecular flexibility index (Phi) is 4.92. The predicted molar refractivity (Wildman–Crippen MR) is 82.6 cm³/mol. The Labute approximate surface area is 125 Å². The maximum absolute atomic E-state index is 13.2. The quantitative estimate of drug-likeness (QED) is 0.762. The number of nitrogens with one attached hydrogen (secondary N) is 1. The summed E-state index contributed by atoms with van der Waals surface area (Å²) < 4.78 is 15.3. The van der Waals surface area contributed by atoms with Crippen LogP contribution in [0.1, 0.15) is 17.4 Å². The van der Waals surface area contributed by atoms with E-state index in [1.54, 1.807) is 6.92 Å². The zero-order chi connectivity index (χ0) is 15.6. The number of hydrogen-bond donors (Lipinski definition) is 2. The number of rotatable bonds is 6. The van der Waals surface area contributed by atoms with Crippen molar-refractivity contribution in [2.24, 2.45) is 5.73 Å². The van der Waals surface area contributed by atoms with Crippen LogP contribution >= 0.6 is 11.3 Å². The molecule has 2 aromatic heterocycles. The Bertz CT molecular complexity index is 762. The first-order valence-corrected chi connectivity index (χ1v) is 7.60. The Morgan fingerprint density at radius 2 is 2.05 bits per heavy atom. The Hall–Kier alpha value is -1.51. The van der Waals surface area contributed by atoms with Crippen LogP contribution in [-0.2, 0) is 19.9 Å². The van der Waals surface area contributed by atoms with Crippen molar-refractivity contribution in [3.05, 3.63) is 31.3 Å². The number of aryl methyl sites for hydroxylation is 1. The van der Waals surface area contributed by atoms with E-state index in [1.807, 2.05) is 6.92 Å². The van der Waals surface area contributed by atoms with Crippen molar-refractivity contribution in [2.45, 2.75) is 33.7 Å². The van der Waals surface area contributed by atoms with E-state index < -0.39 is 12.5 Å². The Morgan fingerprint density at radius 3 is 2.62 bits per heavy atom. The maximum atomic E-state index is 13.2. The molecular formula is C13H19FN4O2S. The van der Waals surface area contributed by atoms with Crippen LogP contribution < -0.4 is 22.3 Å². The molecule has 0 aliphatic rings. The van der Waals surface area contributed by atoms with E-state index in [4.69, 9.17) is 5.73 Å². The first-order valence-electron chi connectivity index (χ1n) is 6.79. The molecule has 0 bridgehead atoms. The molecule has 8 heteroatoms. The average molecular weight is 314 g/mol. The molecule has 2 heterocycles. The van der Waals surface area contributed by atoms with Crippen LogP contribution in [0.25, 0.3) is 10.2 Å². The van der Waals surface area contributed by atoms with Crippen molar-refractivity contribution in [1.82, 2.24) is 14.5 Å². The average Bonchev–Trinajstić information content (AvgIpc) is 2.78. The fourth-order valence-corrected chi connectivity index (χ4v) is 3.54. The molecule has 0 spiro atoms. The number of aromatic nitrogens is 2. The minimum Gasteiger partial charge on any atom is -0.329 e. The summed E-state index contributed by atoms with van der Waals surface area (Å²) in [5.41, 5.74) is 5.28. The minimum absolute atomic E-state index is 0.226. The molecule has 6 nitrogen and oxygen atoms in total. The van der Waals surface area contributed by atoms with Gasteiger partial charge in [-0.2, -0.15) is 0 Å². The molecule has 0 saturated heterocycles. The molecule has 0 unspecified atom stereocenters.